The van der Waals surface area contributed by atoms with Gasteiger partial charge < -0.3 is 14.8 Å². The number of ether oxygens (including phenoxy) is 2. The molecule has 2 heterocycles. The van der Waals surface area contributed by atoms with Crippen LogP contribution in [0.5, 0.6) is 0 Å². The standard InChI is InChI=1S/C9H15NO3S/c1-9(2)12-5-4-14-7(6(5)13-9)8(11)10-3/h5-7H,4H2,1-3H3,(H,10,11)/t5-,6-,7-/m0/s1. The molecule has 5 heteroatoms. The molecule has 0 aliphatic carbocycles. The highest BCUT2D eigenvalue weighted by molar-refractivity contribution is 8.01. The van der Waals surface area contributed by atoms with Crippen LogP contribution in [0.15, 0.2) is 0 Å². The van der Waals surface area contributed by atoms with E-state index in [0.29, 0.717) is 0 Å². The molecular formula is C9H15NO3S. The Bertz CT molecular complexity index is 256. The molecule has 2 aliphatic rings. The lowest BCUT2D eigenvalue weighted by Crippen LogP contribution is -2.39. The molecule has 0 unspecified atom stereocenters. The third-order valence-corrected chi connectivity index (χ3v) is 3.83. The fourth-order valence-electron chi connectivity index (χ4n) is 1.91. The van der Waals surface area contributed by atoms with Crippen molar-refractivity contribution in [1.29, 1.82) is 0 Å². The lowest BCUT2D eigenvalue weighted by atomic mass is 10.1. The first-order chi connectivity index (χ1) is 6.53. The summed E-state index contributed by atoms with van der Waals surface area (Å²) in [4.78, 5) is 11.5. The zero-order valence-corrected chi connectivity index (χ0v) is 9.39. The van der Waals surface area contributed by atoms with Gasteiger partial charge in [0.15, 0.2) is 5.79 Å². The number of thioether (sulfide) groups is 1. The van der Waals surface area contributed by atoms with E-state index in [1.165, 1.54) is 0 Å². The number of hydrogen-bond donors (Lipinski definition) is 1. The van der Waals surface area contributed by atoms with Crippen LogP contribution in [0.2, 0.25) is 0 Å². The second-order valence-electron chi connectivity index (χ2n) is 4.01. The minimum atomic E-state index is -0.539. The van der Waals surface area contributed by atoms with Crippen LogP contribution in [-0.2, 0) is 14.3 Å². The van der Waals surface area contributed by atoms with Gasteiger partial charge in [-0.15, -0.1) is 11.8 Å². The van der Waals surface area contributed by atoms with Gasteiger partial charge in [-0.1, -0.05) is 0 Å². The lowest BCUT2D eigenvalue weighted by Gasteiger charge is -2.20. The summed E-state index contributed by atoms with van der Waals surface area (Å²) in [5.41, 5.74) is 0. The molecule has 1 N–H and O–H groups in total. The Morgan fingerprint density at radius 3 is 2.86 bits per heavy atom. The summed E-state index contributed by atoms with van der Waals surface area (Å²) in [5, 5.41) is 2.53. The molecule has 0 radical (unpaired) electrons. The van der Waals surface area contributed by atoms with Crippen molar-refractivity contribution in [3.8, 4) is 0 Å². The molecule has 0 spiro atoms. The quantitative estimate of drug-likeness (QED) is 0.689. The van der Waals surface area contributed by atoms with Gasteiger partial charge in [0, 0.05) is 12.8 Å². The van der Waals surface area contributed by atoms with Crippen LogP contribution in [0.1, 0.15) is 13.8 Å². The normalized spacial score (nSPS) is 39.5. The summed E-state index contributed by atoms with van der Waals surface area (Å²) in [7, 11) is 1.65. The Balaban J connectivity index is 2.08. The van der Waals surface area contributed by atoms with Gasteiger partial charge in [-0.2, -0.15) is 0 Å². The van der Waals surface area contributed by atoms with Crippen molar-refractivity contribution >= 4 is 17.7 Å². The minimum Gasteiger partial charge on any atom is -0.358 e. The predicted molar refractivity (Wildman–Crippen MR) is 54.1 cm³/mol. The highest BCUT2D eigenvalue weighted by Crippen LogP contribution is 2.41. The molecule has 3 atom stereocenters. The molecule has 2 rings (SSSR count). The molecule has 0 bridgehead atoms. The number of carbonyl (C=O) groups is 1. The Labute approximate surface area is 87.7 Å². The minimum absolute atomic E-state index is 0.0313. The van der Waals surface area contributed by atoms with Crippen molar-refractivity contribution in [3.63, 3.8) is 0 Å². The van der Waals surface area contributed by atoms with Crippen LogP contribution in [0.4, 0.5) is 0 Å². The van der Waals surface area contributed by atoms with E-state index < -0.39 is 5.79 Å². The largest absolute Gasteiger partial charge is 0.358 e. The van der Waals surface area contributed by atoms with Crippen molar-refractivity contribution in [2.24, 2.45) is 0 Å². The van der Waals surface area contributed by atoms with Gasteiger partial charge in [0.05, 0.1) is 6.10 Å². The Kier molecular flexibility index (Phi) is 2.49. The first-order valence-corrected chi connectivity index (χ1v) is 5.77. The Hall–Kier alpha value is -0.260. The maximum atomic E-state index is 11.5. The van der Waals surface area contributed by atoms with E-state index in [9.17, 15) is 4.79 Å². The maximum Gasteiger partial charge on any atom is 0.235 e. The first-order valence-electron chi connectivity index (χ1n) is 4.72. The van der Waals surface area contributed by atoms with E-state index in [2.05, 4.69) is 5.32 Å². The van der Waals surface area contributed by atoms with Crippen molar-refractivity contribution in [2.45, 2.75) is 37.1 Å². The first kappa shape index (κ1) is 10.3. The third kappa shape index (κ3) is 1.64. The van der Waals surface area contributed by atoms with E-state index in [4.69, 9.17) is 9.47 Å². The number of rotatable bonds is 1. The van der Waals surface area contributed by atoms with Crippen LogP contribution >= 0.6 is 11.8 Å². The van der Waals surface area contributed by atoms with Gasteiger partial charge >= 0.3 is 0 Å². The molecule has 0 aromatic carbocycles. The van der Waals surface area contributed by atoms with Crippen LogP contribution in [0.3, 0.4) is 0 Å². The van der Waals surface area contributed by atoms with Crippen molar-refractivity contribution in [1.82, 2.24) is 5.32 Å². The number of hydrogen-bond acceptors (Lipinski definition) is 4. The van der Waals surface area contributed by atoms with Gasteiger partial charge in [0.25, 0.3) is 0 Å². The monoisotopic (exact) mass is 217 g/mol. The average Bonchev–Trinajstić information content (AvgIpc) is 2.58. The Morgan fingerprint density at radius 2 is 2.21 bits per heavy atom. The van der Waals surface area contributed by atoms with E-state index in [0.717, 1.165) is 5.75 Å². The van der Waals surface area contributed by atoms with Crippen molar-refractivity contribution in [3.05, 3.63) is 0 Å². The molecule has 2 fully saturated rings. The SMILES string of the molecule is CNC(=O)[C@H]1SC[C@@H]2OC(C)(C)O[C@@H]21. The van der Waals surface area contributed by atoms with Gasteiger partial charge in [-0.3, -0.25) is 4.79 Å². The smallest absolute Gasteiger partial charge is 0.235 e. The summed E-state index contributed by atoms with van der Waals surface area (Å²) in [6.07, 6.45) is -0.0211. The summed E-state index contributed by atoms with van der Waals surface area (Å²) in [5.74, 6) is 0.332. The topological polar surface area (TPSA) is 47.6 Å². The molecule has 0 aromatic rings. The zero-order chi connectivity index (χ0) is 10.3. The van der Waals surface area contributed by atoms with Gasteiger partial charge in [-0.05, 0) is 13.8 Å². The van der Waals surface area contributed by atoms with Crippen molar-refractivity contribution in [2.75, 3.05) is 12.8 Å². The van der Waals surface area contributed by atoms with Gasteiger partial charge in [-0.25, -0.2) is 0 Å². The molecule has 4 nitrogen and oxygen atoms in total. The van der Waals surface area contributed by atoms with Crippen LogP contribution in [-0.4, -0.2) is 42.0 Å². The molecule has 2 saturated heterocycles. The summed E-state index contributed by atoms with van der Waals surface area (Å²) >= 11 is 1.61. The molecule has 14 heavy (non-hydrogen) atoms. The highest BCUT2D eigenvalue weighted by Gasteiger charge is 2.51. The fraction of sp³-hybridized carbons (Fsp3) is 0.889. The van der Waals surface area contributed by atoms with E-state index >= 15 is 0 Å². The molecule has 2 aliphatic heterocycles. The zero-order valence-electron chi connectivity index (χ0n) is 8.57. The van der Waals surface area contributed by atoms with Crippen molar-refractivity contribution < 1.29 is 14.3 Å². The molecule has 0 saturated carbocycles. The summed E-state index contributed by atoms with van der Waals surface area (Å²) in [6.45, 7) is 3.77. The summed E-state index contributed by atoms with van der Waals surface area (Å²) < 4.78 is 11.4. The second-order valence-corrected chi connectivity index (χ2v) is 5.18. The highest BCUT2D eigenvalue weighted by atomic mass is 32.2. The van der Waals surface area contributed by atoms with Crippen LogP contribution < -0.4 is 5.32 Å². The summed E-state index contributed by atoms with van der Waals surface area (Å²) in [6, 6.07) is 0. The van der Waals surface area contributed by atoms with E-state index in [1.807, 2.05) is 13.8 Å². The van der Waals surface area contributed by atoms with Gasteiger partial charge in [0.2, 0.25) is 5.91 Å². The third-order valence-electron chi connectivity index (χ3n) is 2.46. The number of fused-ring (bicyclic) bond motifs is 1. The van der Waals surface area contributed by atoms with Gasteiger partial charge in [0.1, 0.15) is 11.4 Å². The number of nitrogens with one attached hydrogen (secondary N) is 1. The van der Waals surface area contributed by atoms with E-state index in [-0.39, 0.29) is 23.4 Å². The van der Waals surface area contributed by atoms with E-state index in [1.54, 1.807) is 18.8 Å². The maximum absolute atomic E-state index is 11.5. The molecular weight excluding hydrogens is 202 g/mol. The fourth-order valence-corrected chi connectivity index (χ4v) is 3.25. The number of carbonyl (C=O) groups excluding carboxylic acids is 1. The molecule has 80 valence electrons. The average molecular weight is 217 g/mol. The second kappa shape index (κ2) is 3.40. The van der Waals surface area contributed by atoms with Crippen LogP contribution in [0.25, 0.3) is 0 Å². The van der Waals surface area contributed by atoms with Crippen LogP contribution in [0, 0.1) is 0 Å². The lowest BCUT2D eigenvalue weighted by molar-refractivity contribution is -0.147. The predicted octanol–water partition coefficient (Wildman–Crippen LogP) is 0.368. The number of amides is 1. The molecule has 1 amide bonds. The Morgan fingerprint density at radius 1 is 1.50 bits per heavy atom. The molecule has 0 aromatic heterocycles.